The van der Waals surface area contributed by atoms with E-state index < -0.39 is 0 Å². The predicted octanol–water partition coefficient (Wildman–Crippen LogP) is -5.80. The Morgan fingerprint density at radius 2 is 1.21 bits per heavy atom. The minimum Gasteiger partial charge on any atom is -1.00 e. The van der Waals surface area contributed by atoms with Gasteiger partial charge in [-0.05, 0) is 0 Å². The van der Waals surface area contributed by atoms with Crippen molar-refractivity contribution in [2.24, 2.45) is 5.41 Å². The molecule has 0 nitrogen and oxygen atoms in total. The Hall–Kier alpha value is 2.38. The Labute approximate surface area is 151 Å². The summed E-state index contributed by atoms with van der Waals surface area (Å²) < 4.78 is 1.53. The molecule has 1 rings (SSSR count). The zero-order chi connectivity index (χ0) is 8.81. The van der Waals surface area contributed by atoms with Crippen molar-refractivity contribution in [2.75, 3.05) is 0 Å². The van der Waals surface area contributed by atoms with Gasteiger partial charge in [-0.2, -0.15) is 0 Å². The largest absolute Gasteiger partial charge is 1.00 e. The maximum atomic E-state index is 2.30. The van der Waals surface area contributed by atoms with E-state index in [1.54, 1.807) is 0 Å². The van der Waals surface area contributed by atoms with Gasteiger partial charge in [0, 0.05) is 0 Å². The third-order valence-corrected chi connectivity index (χ3v) is 4.62. The maximum absolute atomic E-state index is 2.30. The van der Waals surface area contributed by atoms with Gasteiger partial charge in [-0.3, -0.25) is 0 Å². The first-order valence-electron chi connectivity index (χ1n) is 4.00. The van der Waals surface area contributed by atoms with Crippen LogP contribution in [0.2, 0.25) is 0 Å². The molecule has 0 N–H and O–H groups in total. The van der Waals surface area contributed by atoms with Crippen LogP contribution in [0.3, 0.4) is 0 Å². The quantitative estimate of drug-likeness (QED) is 0.204. The van der Waals surface area contributed by atoms with Gasteiger partial charge >= 0.3 is 81.1 Å². The molecular formula is C10H15I3Ti. The summed E-state index contributed by atoms with van der Waals surface area (Å²) in [5, 5.41) is 0. The average Bonchev–Trinajstić information content (AvgIpc) is 2.06. The molecule has 0 spiro atoms. The van der Waals surface area contributed by atoms with Crippen molar-refractivity contribution in [1.82, 2.24) is 0 Å². The number of hydrogen-bond acceptors (Lipinski definition) is 0. The van der Waals surface area contributed by atoms with E-state index in [4.69, 9.17) is 0 Å². The summed E-state index contributed by atoms with van der Waals surface area (Å²) in [5.41, 5.74) is 4.83. The third kappa shape index (κ3) is 3.70. The van der Waals surface area contributed by atoms with Crippen molar-refractivity contribution < 1.29 is 92.4 Å². The van der Waals surface area contributed by atoms with Crippen LogP contribution < -0.4 is 71.9 Å². The number of halogens is 3. The molecule has 0 saturated heterocycles. The van der Waals surface area contributed by atoms with Crippen molar-refractivity contribution in [3.8, 4) is 0 Å². The Bertz CT molecular complexity index is 239. The Kier molecular flexibility index (Phi) is 11.8. The van der Waals surface area contributed by atoms with E-state index in [0.717, 1.165) is 0 Å². The molecule has 0 aliphatic heterocycles. The van der Waals surface area contributed by atoms with Crippen molar-refractivity contribution >= 4 is 0 Å². The number of hydrogen-bond donors (Lipinski definition) is 0. The SMILES string of the molecule is CC1=C(C)C(C)(C)[C]([Ti+3])=C1C.[I-].[I-].[I-]. The molecule has 0 aromatic carbocycles. The molecule has 0 saturated carbocycles. The number of allylic oxidation sites excluding steroid dienone is 4. The Morgan fingerprint density at radius 1 is 0.857 bits per heavy atom. The van der Waals surface area contributed by atoms with E-state index >= 15 is 0 Å². The molecule has 14 heavy (non-hydrogen) atoms. The minimum atomic E-state index is 0. The summed E-state index contributed by atoms with van der Waals surface area (Å²) in [5.74, 6) is 0. The molecule has 0 radical (unpaired) electrons. The predicted molar refractivity (Wildman–Crippen MR) is 44.9 cm³/mol. The van der Waals surface area contributed by atoms with Crippen LogP contribution in [0.1, 0.15) is 34.6 Å². The average molecular weight is 564 g/mol. The second kappa shape index (κ2) is 7.66. The van der Waals surface area contributed by atoms with Gasteiger partial charge in [-0.25, -0.2) is 0 Å². The van der Waals surface area contributed by atoms with Gasteiger partial charge in [0.1, 0.15) is 0 Å². The van der Waals surface area contributed by atoms with Crippen molar-refractivity contribution in [2.45, 2.75) is 34.6 Å². The molecule has 0 aromatic heterocycles. The number of rotatable bonds is 0. The molecule has 4 heteroatoms. The van der Waals surface area contributed by atoms with Gasteiger partial charge in [-0.1, -0.05) is 0 Å². The van der Waals surface area contributed by atoms with Crippen LogP contribution in [0.25, 0.3) is 0 Å². The van der Waals surface area contributed by atoms with E-state index in [1.165, 1.54) is 20.6 Å². The second-order valence-corrected chi connectivity index (χ2v) is 4.66. The topological polar surface area (TPSA) is 0 Å². The minimum absolute atomic E-state index is 0. The maximum Gasteiger partial charge on any atom is -1.00 e. The summed E-state index contributed by atoms with van der Waals surface area (Å²) in [4.78, 5) is 0. The molecule has 0 atom stereocenters. The van der Waals surface area contributed by atoms with Crippen LogP contribution in [0.5, 0.6) is 0 Å². The van der Waals surface area contributed by atoms with Crippen LogP contribution in [-0.4, -0.2) is 0 Å². The molecule has 0 amide bonds. The first kappa shape index (κ1) is 21.6. The molecule has 1 aliphatic rings. The van der Waals surface area contributed by atoms with E-state index in [-0.39, 0.29) is 71.9 Å². The van der Waals surface area contributed by atoms with Crippen LogP contribution in [-0.2, 0) is 20.4 Å². The van der Waals surface area contributed by atoms with Gasteiger partial charge < -0.3 is 71.9 Å². The van der Waals surface area contributed by atoms with E-state index in [2.05, 4.69) is 55.1 Å². The summed E-state index contributed by atoms with van der Waals surface area (Å²) in [6, 6.07) is 0. The van der Waals surface area contributed by atoms with Crippen molar-refractivity contribution in [3.05, 3.63) is 20.6 Å². The molecule has 80 valence electrons. The molecule has 0 heterocycles. The van der Waals surface area contributed by atoms with Crippen molar-refractivity contribution in [1.29, 1.82) is 0 Å². The summed E-state index contributed by atoms with van der Waals surface area (Å²) in [7, 11) is 0. The van der Waals surface area contributed by atoms with E-state index in [1.807, 2.05) is 0 Å². The zero-order valence-corrected chi connectivity index (χ0v) is 17.2. The van der Waals surface area contributed by atoms with Gasteiger partial charge in [0.05, 0.1) is 0 Å². The molecule has 0 fully saturated rings. The summed E-state index contributed by atoms with van der Waals surface area (Å²) in [6.07, 6.45) is 0. The van der Waals surface area contributed by atoms with E-state index in [9.17, 15) is 0 Å². The van der Waals surface area contributed by atoms with Crippen LogP contribution in [0, 0.1) is 5.41 Å². The zero-order valence-electron chi connectivity index (χ0n) is 9.13. The first-order valence-corrected chi connectivity index (χ1v) is 4.78. The van der Waals surface area contributed by atoms with Crippen LogP contribution >= 0.6 is 0 Å². The molecular weight excluding hydrogens is 549 g/mol. The fraction of sp³-hybridized carbons (Fsp3) is 0.600. The Morgan fingerprint density at radius 3 is 1.29 bits per heavy atom. The van der Waals surface area contributed by atoms with Crippen LogP contribution in [0.15, 0.2) is 20.6 Å². The third-order valence-electron chi connectivity index (χ3n) is 3.06. The van der Waals surface area contributed by atoms with Gasteiger partial charge in [0.15, 0.2) is 0 Å². The normalized spacial score (nSPS) is 18.5. The Balaban J connectivity index is -0.000000403. The molecule has 1 aliphatic carbocycles. The smallest absolute Gasteiger partial charge is 1.00 e. The summed E-state index contributed by atoms with van der Waals surface area (Å²) in [6.45, 7) is 11.3. The van der Waals surface area contributed by atoms with Crippen molar-refractivity contribution in [3.63, 3.8) is 0 Å². The fourth-order valence-electron chi connectivity index (χ4n) is 1.59. The monoisotopic (exact) mass is 564 g/mol. The van der Waals surface area contributed by atoms with Gasteiger partial charge in [0.25, 0.3) is 0 Å². The molecule has 0 bridgehead atoms. The van der Waals surface area contributed by atoms with E-state index in [0.29, 0.717) is 5.41 Å². The standard InChI is InChI=1S/C10H15.3HI.Ti/c1-7-6-10(4,5)9(3)8(7)2;;;;/h1-5H3;3*1H;/q;;;;+3/p-3. The first-order chi connectivity index (χ1) is 4.89. The second-order valence-electron chi connectivity index (χ2n) is 3.88. The molecule has 0 aromatic rings. The summed E-state index contributed by atoms with van der Waals surface area (Å²) >= 11 is 2.25. The van der Waals surface area contributed by atoms with Gasteiger partial charge in [-0.15, -0.1) is 0 Å². The fourth-order valence-corrected chi connectivity index (χ4v) is 2.18. The van der Waals surface area contributed by atoms with Gasteiger partial charge in [0.2, 0.25) is 0 Å². The van der Waals surface area contributed by atoms with Crippen LogP contribution in [0.4, 0.5) is 0 Å². The molecule has 0 unspecified atom stereocenters.